The fourth-order valence-corrected chi connectivity index (χ4v) is 4.21. The number of nitrogens with zero attached hydrogens (tertiary/aromatic N) is 1. The average Bonchev–Trinajstić information content (AvgIpc) is 3.12. The predicted octanol–water partition coefficient (Wildman–Crippen LogP) is 5.70. The van der Waals surface area contributed by atoms with Crippen molar-refractivity contribution in [1.82, 2.24) is 5.32 Å². The van der Waals surface area contributed by atoms with Gasteiger partial charge in [0.2, 0.25) is 0 Å². The first-order valence-electron chi connectivity index (χ1n) is 10.6. The molecule has 0 aromatic heterocycles. The van der Waals surface area contributed by atoms with Gasteiger partial charge in [-0.1, -0.05) is 18.2 Å². The quantitative estimate of drug-likeness (QED) is 0.293. The maximum atomic E-state index is 13.1. The molecule has 0 unspecified atom stereocenters. The number of rotatable bonds is 8. The zero-order valence-corrected chi connectivity index (χ0v) is 21.1. The fraction of sp³-hybridized carbons (Fsp3) is 0.154. The van der Waals surface area contributed by atoms with Gasteiger partial charge < -0.3 is 19.5 Å². The Kier molecular flexibility index (Phi) is 7.49. The lowest BCUT2D eigenvalue weighted by atomic mass is 10.1. The number of anilines is 1. The van der Waals surface area contributed by atoms with Crippen molar-refractivity contribution in [2.75, 3.05) is 18.6 Å². The molecule has 1 saturated heterocycles. The zero-order valence-electron chi connectivity index (χ0n) is 18.7. The van der Waals surface area contributed by atoms with Crippen LogP contribution in [-0.4, -0.2) is 24.7 Å². The summed E-state index contributed by atoms with van der Waals surface area (Å²) in [6.45, 7) is 2.80. The largest absolute Gasteiger partial charge is 0.496 e. The second-order valence-electron chi connectivity index (χ2n) is 7.35. The van der Waals surface area contributed by atoms with E-state index in [0.29, 0.717) is 35.5 Å². The molecule has 0 aliphatic carbocycles. The molecule has 1 amide bonds. The van der Waals surface area contributed by atoms with Crippen LogP contribution in [0.25, 0.3) is 6.08 Å². The third-order valence-electron chi connectivity index (χ3n) is 5.12. The number of amides is 1. The van der Waals surface area contributed by atoms with E-state index in [1.54, 1.807) is 13.2 Å². The summed E-state index contributed by atoms with van der Waals surface area (Å²) in [5.74, 6) is 1.95. The van der Waals surface area contributed by atoms with Crippen LogP contribution in [0.3, 0.4) is 0 Å². The predicted molar refractivity (Wildman–Crippen MR) is 140 cm³/mol. The van der Waals surface area contributed by atoms with Crippen LogP contribution in [-0.2, 0) is 11.4 Å². The van der Waals surface area contributed by atoms with Gasteiger partial charge in [-0.05, 0) is 95.2 Å². The summed E-state index contributed by atoms with van der Waals surface area (Å²) >= 11 is 8.92. The lowest BCUT2D eigenvalue weighted by Crippen LogP contribution is -2.30. The second-order valence-corrected chi connectivity index (χ2v) is 8.59. The highest BCUT2D eigenvalue weighted by atomic mass is 79.9. The van der Waals surface area contributed by atoms with Crippen molar-refractivity contribution in [3.05, 3.63) is 88.0 Å². The van der Waals surface area contributed by atoms with Crippen LogP contribution in [0.15, 0.2) is 76.9 Å². The Balaban J connectivity index is 1.55. The van der Waals surface area contributed by atoms with Crippen molar-refractivity contribution in [2.24, 2.45) is 0 Å². The molecule has 3 aromatic carbocycles. The van der Waals surface area contributed by atoms with Crippen molar-refractivity contribution in [2.45, 2.75) is 13.5 Å². The summed E-state index contributed by atoms with van der Waals surface area (Å²) in [4.78, 5) is 14.6. The molecule has 6 nitrogen and oxygen atoms in total. The minimum atomic E-state index is -0.226. The summed E-state index contributed by atoms with van der Waals surface area (Å²) in [6.07, 6.45) is 1.77. The first-order valence-corrected chi connectivity index (χ1v) is 11.8. The van der Waals surface area contributed by atoms with Gasteiger partial charge in [0.15, 0.2) is 5.11 Å². The van der Waals surface area contributed by atoms with E-state index in [-0.39, 0.29) is 5.91 Å². The van der Waals surface area contributed by atoms with Gasteiger partial charge in [0.1, 0.15) is 29.6 Å². The van der Waals surface area contributed by atoms with E-state index >= 15 is 0 Å². The molecule has 0 saturated carbocycles. The summed E-state index contributed by atoms with van der Waals surface area (Å²) in [5.41, 5.74) is 2.73. The molecule has 1 fully saturated rings. The van der Waals surface area contributed by atoms with Crippen molar-refractivity contribution in [1.29, 1.82) is 0 Å². The molecular weight excluding hydrogens is 516 g/mol. The maximum Gasteiger partial charge on any atom is 0.281 e. The molecule has 0 bridgehead atoms. The van der Waals surface area contributed by atoms with E-state index in [1.807, 2.05) is 73.7 Å². The van der Waals surface area contributed by atoms with Crippen molar-refractivity contribution in [3.63, 3.8) is 0 Å². The third kappa shape index (κ3) is 5.24. The molecule has 174 valence electrons. The number of hydrogen-bond acceptors (Lipinski definition) is 5. The van der Waals surface area contributed by atoms with Gasteiger partial charge in [-0.2, -0.15) is 0 Å². The molecule has 0 atom stereocenters. The molecule has 1 aliphatic rings. The lowest BCUT2D eigenvalue weighted by Gasteiger charge is -2.14. The third-order valence-corrected chi connectivity index (χ3v) is 6.06. The molecule has 1 aliphatic heterocycles. The highest BCUT2D eigenvalue weighted by Crippen LogP contribution is 2.29. The van der Waals surface area contributed by atoms with Crippen LogP contribution in [0.1, 0.15) is 18.1 Å². The molecule has 8 heteroatoms. The summed E-state index contributed by atoms with van der Waals surface area (Å²) < 4.78 is 17.8. The normalized spacial score (nSPS) is 14.3. The Morgan fingerprint density at radius 3 is 2.50 bits per heavy atom. The van der Waals surface area contributed by atoms with Crippen molar-refractivity contribution in [3.8, 4) is 17.2 Å². The Hall–Kier alpha value is -3.36. The molecule has 4 rings (SSSR count). The van der Waals surface area contributed by atoms with Crippen LogP contribution in [0.2, 0.25) is 0 Å². The van der Waals surface area contributed by atoms with Gasteiger partial charge in [0.25, 0.3) is 5.91 Å². The summed E-state index contributed by atoms with van der Waals surface area (Å²) in [5, 5.41) is 3.35. The minimum absolute atomic E-state index is 0.226. The molecule has 1 N–H and O–H groups in total. The number of ether oxygens (including phenoxy) is 3. The smallest absolute Gasteiger partial charge is 0.281 e. The highest BCUT2D eigenvalue weighted by molar-refractivity contribution is 9.10. The molecule has 0 spiro atoms. The molecule has 0 radical (unpaired) electrons. The number of halogens is 1. The Bertz CT molecular complexity index is 1240. The molecular formula is C26H23BrN2O4S. The van der Waals surface area contributed by atoms with Crippen LogP contribution in [0.4, 0.5) is 5.69 Å². The number of para-hydroxylation sites is 1. The van der Waals surface area contributed by atoms with Gasteiger partial charge in [0, 0.05) is 5.56 Å². The van der Waals surface area contributed by atoms with E-state index < -0.39 is 0 Å². The second kappa shape index (κ2) is 10.7. The minimum Gasteiger partial charge on any atom is -0.496 e. The van der Waals surface area contributed by atoms with Crippen molar-refractivity contribution < 1.29 is 19.0 Å². The van der Waals surface area contributed by atoms with Crippen molar-refractivity contribution >= 4 is 50.9 Å². The number of thiocarbonyl (C=S) groups is 1. The van der Waals surface area contributed by atoms with E-state index in [0.717, 1.165) is 27.1 Å². The number of carbonyl (C=O) groups excluding carboxylic acids is 1. The van der Waals surface area contributed by atoms with Gasteiger partial charge >= 0.3 is 0 Å². The molecule has 1 heterocycles. The number of carbonyl (C=O) groups is 1. The first kappa shape index (κ1) is 23.8. The number of nitrogens with one attached hydrogen (secondary N) is 1. The van der Waals surface area contributed by atoms with E-state index in [4.69, 9.17) is 26.4 Å². The SMILES string of the molecule is CCOc1ccc(N2C(=O)/C(=C\c3ccc(OC)c(COc4ccccc4Br)c3)NC2=S)cc1. The Morgan fingerprint density at radius 2 is 1.79 bits per heavy atom. The zero-order chi connectivity index (χ0) is 24.1. The Morgan fingerprint density at radius 1 is 1.03 bits per heavy atom. The fourth-order valence-electron chi connectivity index (χ4n) is 3.51. The lowest BCUT2D eigenvalue weighted by molar-refractivity contribution is -0.113. The summed E-state index contributed by atoms with van der Waals surface area (Å²) in [7, 11) is 1.62. The first-order chi connectivity index (χ1) is 16.5. The van der Waals surface area contributed by atoms with Gasteiger partial charge in [-0.15, -0.1) is 0 Å². The van der Waals surface area contributed by atoms with Crippen LogP contribution < -0.4 is 24.4 Å². The van der Waals surface area contributed by atoms with Crippen LogP contribution in [0, 0.1) is 0 Å². The summed E-state index contributed by atoms with van der Waals surface area (Å²) in [6, 6.07) is 20.6. The van der Waals surface area contributed by atoms with Crippen LogP contribution in [0.5, 0.6) is 17.2 Å². The highest BCUT2D eigenvalue weighted by Gasteiger charge is 2.32. The molecule has 3 aromatic rings. The average molecular weight is 539 g/mol. The van der Waals surface area contributed by atoms with Gasteiger partial charge in [-0.3, -0.25) is 9.69 Å². The monoisotopic (exact) mass is 538 g/mol. The topological polar surface area (TPSA) is 60.0 Å². The maximum absolute atomic E-state index is 13.1. The Labute approximate surface area is 212 Å². The van der Waals surface area contributed by atoms with E-state index in [2.05, 4.69) is 21.2 Å². The van der Waals surface area contributed by atoms with E-state index in [9.17, 15) is 4.79 Å². The van der Waals surface area contributed by atoms with E-state index in [1.165, 1.54) is 4.90 Å². The van der Waals surface area contributed by atoms with Gasteiger partial charge in [-0.25, -0.2) is 0 Å². The number of benzene rings is 3. The van der Waals surface area contributed by atoms with Crippen LogP contribution >= 0.6 is 28.1 Å². The standard InChI is InChI=1S/C26H23BrN2O4S/c1-3-32-20-11-9-19(10-12-20)29-25(30)22(28-26(29)34)15-17-8-13-23(31-2)18(14-17)16-33-24-7-5-4-6-21(24)27/h4-15H,3,16H2,1-2H3,(H,28,34)/b22-15+. The molecule has 34 heavy (non-hydrogen) atoms. The number of methoxy groups -OCH3 is 1. The van der Waals surface area contributed by atoms with Gasteiger partial charge in [0.05, 0.1) is 23.9 Å². The number of hydrogen-bond donors (Lipinski definition) is 1.